The second kappa shape index (κ2) is 34.4. The molecule has 0 amide bonds. The molecule has 1 aromatic carbocycles. The molecule has 0 heterocycles. The number of rotatable bonds is 37. The number of ether oxygens (including phenoxy) is 9. The third kappa shape index (κ3) is 26.2. The highest BCUT2D eigenvalue weighted by Crippen LogP contribution is 2.31. The van der Waals surface area contributed by atoms with Crippen LogP contribution in [0.25, 0.3) is 0 Å². The van der Waals surface area contributed by atoms with Gasteiger partial charge in [0.1, 0.15) is 11.9 Å². The molecule has 0 aromatic heterocycles. The standard InChI is InChI=1S/C35H64O12/c1-2-3-4-5-6-7-8-10-32-11-9-12-33(38)35(32)34(31-37)47-30-29-46-28-27-45-26-25-44-24-23-43-22-21-42-20-19-41-18-17-40-16-15-39-14-13-36/h9,11-12,34,36-38H,2-8,10,13-31H2,1H3. The second-order valence-electron chi connectivity index (χ2n) is 10.9. The average Bonchev–Trinajstić information content (AvgIpc) is 3.08. The van der Waals surface area contributed by atoms with Gasteiger partial charge in [-0.1, -0.05) is 57.6 Å². The number of phenols is 1. The third-order valence-electron chi connectivity index (χ3n) is 7.10. The SMILES string of the molecule is CCCCCCCCCc1cccc(O)c1C(CO)OCCOCCOCCOCCOCCOCCOCCOCCOCCO. The number of aryl methyl sites for hydroxylation is 1. The molecule has 47 heavy (non-hydrogen) atoms. The quantitative estimate of drug-likeness (QED) is 0.0881. The molecule has 0 radical (unpaired) electrons. The average molecular weight is 677 g/mol. The van der Waals surface area contributed by atoms with E-state index in [0.717, 1.165) is 24.8 Å². The highest BCUT2D eigenvalue weighted by Gasteiger charge is 2.19. The van der Waals surface area contributed by atoms with Gasteiger partial charge < -0.3 is 58.0 Å². The zero-order valence-corrected chi connectivity index (χ0v) is 28.9. The van der Waals surface area contributed by atoms with Gasteiger partial charge >= 0.3 is 0 Å². The number of hydrogen-bond donors (Lipinski definition) is 3. The highest BCUT2D eigenvalue weighted by molar-refractivity contribution is 5.41. The molecule has 276 valence electrons. The first-order valence-corrected chi connectivity index (χ1v) is 17.5. The summed E-state index contributed by atoms with van der Waals surface area (Å²) in [4.78, 5) is 0. The van der Waals surface area contributed by atoms with Crippen LogP contribution in [0.2, 0.25) is 0 Å². The van der Waals surface area contributed by atoms with Crippen LogP contribution in [-0.4, -0.2) is 141 Å². The maximum Gasteiger partial charge on any atom is 0.121 e. The molecule has 1 unspecified atom stereocenters. The third-order valence-corrected chi connectivity index (χ3v) is 7.10. The minimum atomic E-state index is -0.587. The van der Waals surface area contributed by atoms with Crippen molar-refractivity contribution < 1.29 is 58.0 Å². The van der Waals surface area contributed by atoms with Crippen molar-refractivity contribution in [3.63, 3.8) is 0 Å². The number of unbranched alkanes of at least 4 members (excludes halogenated alkanes) is 6. The minimum Gasteiger partial charge on any atom is -0.508 e. The van der Waals surface area contributed by atoms with Crippen LogP contribution in [0, 0.1) is 0 Å². The van der Waals surface area contributed by atoms with Crippen molar-refractivity contribution in [3.05, 3.63) is 29.3 Å². The zero-order valence-electron chi connectivity index (χ0n) is 28.9. The predicted molar refractivity (Wildman–Crippen MR) is 179 cm³/mol. The Morgan fingerprint density at radius 3 is 1.34 bits per heavy atom. The van der Waals surface area contributed by atoms with Crippen molar-refractivity contribution in [2.75, 3.05) is 126 Å². The summed E-state index contributed by atoms with van der Waals surface area (Å²) < 4.78 is 49.3. The van der Waals surface area contributed by atoms with E-state index < -0.39 is 6.10 Å². The molecule has 3 N–H and O–H groups in total. The normalized spacial score (nSPS) is 12.2. The first-order chi connectivity index (χ1) is 23.2. The van der Waals surface area contributed by atoms with Crippen LogP contribution in [0.1, 0.15) is 69.1 Å². The van der Waals surface area contributed by atoms with E-state index in [-0.39, 0.29) is 19.0 Å². The molecule has 1 aromatic rings. The number of aliphatic hydroxyl groups is 2. The van der Waals surface area contributed by atoms with Crippen LogP contribution in [0.4, 0.5) is 0 Å². The van der Waals surface area contributed by atoms with Crippen LogP contribution in [0.5, 0.6) is 5.75 Å². The number of phenolic OH excluding ortho intramolecular Hbond substituents is 1. The van der Waals surface area contributed by atoms with Crippen molar-refractivity contribution in [1.29, 1.82) is 0 Å². The van der Waals surface area contributed by atoms with E-state index >= 15 is 0 Å². The lowest BCUT2D eigenvalue weighted by Gasteiger charge is -2.20. The lowest BCUT2D eigenvalue weighted by molar-refractivity contribution is -0.0377. The van der Waals surface area contributed by atoms with Crippen LogP contribution in [0.15, 0.2) is 18.2 Å². The first kappa shape index (κ1) is 43.6. The summed E-state index contributed by atoms with van der Waals surface area (Å²) >= 11 is 0. The van der Waals surface area contributed by atoms with Crippen molar-refractivity contribution in [1.82, 2.24) is 0 Å². The molecule has 1 atom stereocenters. The summed E-state index contributed by atoms with van der Waals surface area (Å²) in [6.45, 7) is 9.73. The number of hydrogen-bond acceptors (Lipinski definition) is 12. The maximum atomic E-state index is 10.5. The minimum absolute atomic E-state index is 0.0209. The van der Waals surface area contributed by atoms with E-state index in [9.17, 15) is 10.2 Å². The number of benzene rings is 1. The predicted octanol–water partition coefficient (Wildman–Crippen LogP) is 3.86. The van der Waals surface area contributed by atoms with Gasteiger partial charge in [0.25, 0.3) is 0 Å². The Hall–Kier alpha value is -1.42. The van der Waals surface area contributed by atoms with E-state index in [1.165, 1.54) is 32.1 Å². The van der Waals surface area contributed by atoms with E-state index in [2.05, 4.69) is 6.92 Å². The Morgan fingerprint density at radius 1 is 0.511 bits per heavy atom. The molecule has 0 aliphatic rings. The topological polar surface area (TPSA) is 144 Å². The van der Waals surface area contributed by atoms with Gasteiger partial charge in [0, 0.05) is 5.56 Å². The Bertz CT molecular complexity index is 785. The molecule has 0 spiro atoms. The lowest BCUT2D eigenvalue weighted by Crippen LogP contribution is -2.17. The maximum absolute atomic E-state index is 10.5. The summed E-state index contributed by atoms with van der Waals surface area (Å²) in [6, 6.07) is 5.52. The molecular weight excluding hydrogens is 612 g/mol. The molecule has 12 nitrogen and oxygen atoms in total. The summed E-state index contributed by atoms with van der Waals surface area (Å²) in [7, 11) is 0. The number of aromatic hydroxyl groups is 1. The summed E-state index contributed by atoms with van der Waals surface area (Å²) in [5.74, 6) is 0.163. The Kier molecular flexibility index (Phi) is 32.0. The van der Waals surface area contributed by atoms with Gasteiger partial charge in [0.05, 0.1) is 126 Å². The van der Waals surface area contributed by atoms with Gasteiger partial charge in [-0.2, -0.15) is 0 Å². The molecule has 0 fully saturated rings. The molecule has 0 bridgehead atoms. The summed E-state index contributed by atoms with van der Waals surface area (Å²) in [6.07, 6.45) is 8.85. The van der Waals surface area contributed by atoms with E-state index in [0.29, 0.717) is 118 Å². The van der Waals surface area contributed by atoms with E-state index in [4.69, 9.17) is 47.7 Å². The monoisotopic (exact) mass is 676 g/mol. The number of aliphatic hydroxyl groups excluding tert-OH is 2. The second-order valence-corrected chi connectivity index (χ2v) is 10.9. The Labute approximate surface area is 282 Å². The fraction of sp³-hybridized carbons (Fsp3) is 0.829. The van der Waals surface area contributed by atoms with E-state index in [1.807, 2.05) is 12.1 Å². The van der Waals surface area contributed by atoms with E-state index in [1.54, 1.807) is 6.07 Å². The molecule has 12 heteroatoms. The molecule has 0 aliphatic carbocycles. The van der Waals surface area contributed by atoms with Crippen LogP contribution in [0.3, 0.4) is 0 Å². The van der Waals surface area contributed by atoms with Crippen molar-refractivity contribution in [3.8, 4) is 5.75 Å². The van der Waals surface area contributed by atoms with Crippen molar-refractivity contribution >= 4 is 0 Å². The van der Waals surface area contributed by atoms with Crippen LogP contribution in [-0.2, 0) is 49.1 Å². The molecule has 1 rings (SSSR count). The fourth-order valence-corrected chi connectivity index (χ4v) is 4.64. The molecule has 0 saturated heterocycles. The fourth-order valence-electron chi connectivity index (χ4n) is 4.64. The van der Waals surface area contributed by atoms with Crippen LogP contribution < -0.4 is 0 Å². The van der Waals surface area contributed by atoms with Crippen molar-refractivity contribution in [2.24, 2.45) is 0 Å². The zero-order chi connectivity index (χ0) is 33.9. The molecular formula is C35H64O12. The van der Waals surface area contributed by atoms with Gasteiger partial charge in [-0.15, -0.1) is 0 Å². The van der Waals surface area contributed by atoms with Gasteiger partial charge in [0.2, 0.25) is 0 Å². The smallest absolute Gasteiger partial charge is 0.121 e. The molecule has 0 saturated carbocycles. The van der Waals surface area contributed by atoms with Gasteiger partial charge in [-0.05, 0) is 24.5 Å². The lowest BCUT2D eigenvalue weighted by atomic mass is 9.96. The first-order valence-electron chi connectivity index (χ1n) is 17.5. The molecule has 0 aliphatic heterocycles. The highest BCUT2D eigenvalue weighted by atomic mass is 16.6. The largest absolute Gasteiger partial charge is 0.508 e. The van der Waals surface area contributed by atoms with Gasteiger partial charge in [-0.25, -0.2) is 0 Å². The Morgan fingerprint density at radius 2 is 0.915 bits per heavy atom. The Balaban J connectivity index is 1.92. The van der Waals surface area contributed by atoms with Gasteiger partial charge in [0.15, 0.2) is 0 Å². The van der Waals surface area contributed by atoms with Crippen LogP contribution >= 0.6 is 0 Å². The van der Waals surface area contributed by atoms with Gasteiger partial charge in [-0.3, -0.25) is 0 Å². The summed E-state index contributed by atoms with van der Waals surface area (Å²) in [5.41, 5.74) is 1.71. The van der Waals surface area contributed by atoms with Crippen molar-refractivity contribution in [2.45, 2.75) is 64.4 Å². The summed E-state index contributed by atoms with van der Waals surface area (Å²) in [5, 5.41) is 29.1.